The summed E-state index contributed by atoms with van der Waals surface area (Å²) in [5.41, 5.74) is 7.97. The topological polar surface area (TPSA) is 68.2 Å². The van der Waals surface area contributed by atoms with E-state index in [1.807, 2.05) is 10.6 Å². The fraction of sp³-hybridized carbons (Fsp3) is 0.571. The van der Waals surface area contributed by atoms with Crippen LogP contribution >= 0.6 is 0 Å². The molecule has 2 aromatic heterocycles. The third-order valence-electron chi connectivity index (χ3n) is 3.90. The van der Waals surface area contributed by atoms with E-state index in [1.54, 1.807) is 6.20 Å². The Hall–Kier alpha value is -1.62. The molecule has 0 saturated heterocycles. The molecule has 0 amide bonds. The average Bonchev–Trinajstić information content (AvgIpc) is 2.89. The lowest BCUT2D eigenvalue weighted by molar-refractivity contribution is 0.410. The third kappa shape index (κ3) is 2.56. The first-order chi connectivity index (χ1) is 9.26. The standard InChI is InChI=1S/C14H21N5/c1-2-11-9-14(19-13(17-11)7-8-16-19)18-12-5-3-10(15)4-6-12/h7-10,12,18H,2-6,15H2,1H3. The van der Waals surface area contributed by atoms with Crippen molar-refractivity contribution in [3.63, 3.8) is 0 Å². The van der Waals surface area contributed by atoms with Gasteiger partial charge >= 0.3 is 0 Å². The van der Waals surface area contributed by atoms with E-state index < -0.39 is 0 Å². The van der Waals surface area contributed by atoms with E-state index in [2.05, 4.69) is 28.4 Å². The van der Waals surface area contributed by atoms with Crippen molar-refractivity contribution in [1.82, 2.24) is 14.6 Å². The maximum absolute atomic E-state index is 5.95. The lowest BCUT2D eigenvalue weighted by atomic mass is 9.92. The zero-order valence-corrected chi connectivity index (χ0v) is 11.3. The second-order valence-corrected chi connectivity index (χ2v) is 5.34. The SMILES string of the molecule is CCc1cc(NC2CCC(N)CC2)n2nccc2n1. The Morgan fingerprint density at radius 1 is 1.37 bits per heavy atom. The predicted octanol–water partition coefficient (Wildman–Crippen LogP) is 1.97. The monoisotopic (exact) mass is 259 g/mol. The molecule has 5 heteroatoms. The van der Waals surface area contributed by atoms with Crippen LogP contribution in [0.4, 0.5) is 5.82 Å². The van der Waals surface area contributed by atoms with Gasteiger partial charge in [0.2, 0.25) is 0 Å². The molecular weight excluding hydrogens is 238 g/mol. The van der Waals surface area contributed by atoms with Gasteiger partial charge in [-0.2, -0.15) is 9.61 Å². The number of fused-ring (bicyclic) bond motifs is 1. The van der Waals surface area contributed by atoms with E-state index in [0.717, 1.165) is 49.3 Å². The van der Waals surface area contributed by atoms with Crippen LogP contribution in [0.25, 0.3) is 5.65 Å². The smallest absolute Gasteiger partial charge is 0.157 e. The van der Waals surface area contributed by atoms with Crippen LogP contribution in [0.15, 0.2) is 18.3 Å². The molecule has 0 spiro atoms. The molecule has 5 nitrogen and oxygen atoms in total. The summed E-state index contributed by atoms with van der Waals surface area (Å²) in [4.78, 5) is 4.56. The molecule has 0 radical (unpaired) electrons. The molecule has 3 N–H and O–H groups in total. The highest BCUT2D eigenvalue weighted by atomic mass is 15.3. The second-order valence-electron chi connectivity index (χ2n) is 5.34. The zero-order chi connectivity index (χ0) is 13.2. The Balaban J connectivity index is 1.85. The van der Waals surface area contributed by atoms with E-state index in [1.165, 1.54) is 0 Å². The minimum Gasteiger partial charge on any atom is -0.367 e. The number of aryl methyl sites for hydroxylation is 1. The van der Waals surface area contributed by atoms with Crippen molar-refractivity contribution in [2.24, 2.45) is 5.73 Å². The van der Waals surface area contributed by atoms with E-state index in [9.17, 15) is 0 Å². The van der Waals surface area contributed by atoms with Crippen LogP contribution in [0.1, 0.15) is 38.3 Å². The van der Waals surface area contributed by atoms with Gasteiger partial charge in [-0.3, -0.25) is 0 Å². The van der Waals surface area contributed by atoms with Crippen molar-refractivity contribution < 1.29 is 0 Å². The van der Waals surface area contributed by atoms with Crippen LogP contribution < -0.4 is 11.1 Å². The van der Waals surface area contributed by atoms with E-state index in [-0.39, 0.29) is 0 Å². The van der Waals surface area contributed by atoms with Crippen LogP contribution in [-0.4, -0.2) is 26.7 Å². The van der Waals surface area contributed by atoms with Gasteiger partial charge < -0.3 is 11.1 Å². The lowest BCUT2D eigenvalue weighted by Crippen LogP contribution is -2.33. The molecule has 1 fully saturated rings. The minimum absolute atomic E-state index is 0.381. The first-order valence-electron chi connectivity index (χ1n) is 7.12. The van der Waals surface area contributed by atoms with Gasteiger partial charge in [-0.1, -0.05) is 6.92 Å². The number of anilines is 1. The highest BCUT2D eigenvalue weighted by Gasteiger charge is 2.19. The molecule has 19 heavy (non-hydrogen) atoms. The molecule has 102 valence electrons. The minimum atomic E-state index is 0.381. The quantitative estimate of drug-likeness (QED) is 0.884. The molecule has 2 heterocycles. The van der Waals surface area contributed by atoms with Gasteiger partial charge in [-0.15, -0.1) is 0 Å². The van der Waals surface area contributed by atoms with Crippen molar-refractivity contribution >= 4 is 11.5 Å². The van der Waals surface area contributed by atoms with Crippen LogP contribution in [0.2, 0.25) is 0 Å². The molecule has 0 bridgehead atoms. The Kier molecular flexibility index (Phi) is 3.38. The Morgan fingerprint density at radius 3 is 2.89 bits per heavy atom. The molecule has 0 atom stereocenters. The van der Waals surface area contributed by atoms with Gasteiger partial charge in [-0.25, -0.2) is 4.98 Å². The fourth-order valence-corrected chi connectivity index (χ4v) is 2.72. The van der Waals surface area contributed by atoms with Crippen molar-refractivity contribution in [2.75, 3.05) is 5.32 Å². The summed E-state index contributed by atoms with van der Waals surface area (Å²) >= 11 is 0. The van der Waals surface area contributed by atoms with Gasteiger partial charge in [0.05, 0.1) is 6.20 Å². The summed E-state index contributed by atoms with van der Waals surface area (Å²) < 4.78 is 1.88. The highest BCUT2D eigenvalue weighted by Crippen LogP contribution is 2.22. The van der Waals surface area contributed by atoms with E-state index in [4.69, 9.17) is 5.73 Å². The average molecular weight is 259 g/mol. The van der Waals surface area contributed by atoms with Crippen LogP contribution in [0, 0.1) is 0 Å². The second kappa shape index (κ2) is 5.17. The highest BCUT2D eigenvalue weighted by molar-refractivity contribution is 5.49. The normalized spacial score (nSPS) is 23.7. The van der Waals surface area contributed by atoms with Crippen molar-refractivity contribution in [3.8, 4) is 0 Å². The summed E-state index contributed by atoms with van der Waals surface area (Å²) in [6.07, 6.45) is 7.20. The van der Waals surface area contributed by atoms with Crippen LogP contribution in [0.5, 0.6) is 0 Å². The van der Waals surface area contributed by atoms with Crippen molar-refractivity contribution in [1.29, 1.82) is 0 Å². The Labute approximate surface area is 113 Å². The van der Waals surface area contributed by atoms with Crippen molar-refractivity contribution in [3.05, 3.63) is 24.0 Å². The molecule has 0 aliphatic heterocycles. The molecule has 1 aliphatic carbocycles. The van der Waals surface area contributed by atoms with Gasteiger partial charge in [0.15, 0.2) is 5.65 Å². The Bertz CT molecular complexity index is 554. The number of nitrogens with two attached hydrogens (primary N) is 1. The van der Waals surface area contributed by atoms with Gasteiger partial charge in [0, 0.05) is 29.9 Å². The van der Waals surface area contributed by atoms with Crippen molar-refractivity contribution in [2.45, 2.75) is 51.1 Å². The largest absolute Gasteiger partial charge is 0.367 e. The first kappa shape index (κ1) is 12.4. The zero-order valence-electron chi connectivity index (χ0n) is 11.3. The number of aromatic nitrogens is 3. The van der Waals surface area contributed by atoms with Crippen LogP contribution in [-0.2, 0) is 6.42 Å². The molecule has 0 unspecified atom stereocenters. The summed E-state index contributed by atoms with van der Waals surface area (Å²) in [6.45, 7) is 2.12. The molecule has 0 aromatic carbocycles. The maximum atomic E-state index is 5.95. The molecule has 1 saturated carbocycles. The number of hydrogen-bond acceptors (Lipinski definition) is 4. The number of hydrogen-bond donors (Lipinski definition) is 2. The van der Waals surface area contributed by atoms with Crippen LogP contribution in [0.3, 0.4) is 0 Å². The maximum Gasteiger partial charge on any atom is 0.157 e. The van der Waals surface area contributed by atoms with Gasteiger partial charge in [-0.05, 0) is 32.1 Å². The summed E-state index contributed by atoms with van der Waals surface area (Å²) in [5, 5.41) is 7.95. The number of rotatable bonds is 3. The Morgan fingerprint density at radius 2 is 2.16 bits per heavy atom. The molecule has 1 aliphatic rings. The molecule has 2 aromatic rings. The van der Waals surface area contributed by atoms with E-state index >= 15 is 0 Å². The summed E-state index contributed by atoms with van der Waals surface area (Å²) in [7, 11) is 0. The predicted molar refractivity (Wildman–Crippen MR) is 76.2 cm³/mol. The van der Waals surface area contributed by atoms with E-state index in [0.29, 0.717) is 12.1 Å². The third-order valence-corrected chi connectivity index (χ3v) is 3.90. The van der Waals surface area contributed by atoms with Gasteiger partial charge in [0.25, 0.3) is 0 Å². The first-order valence-corrected chi connectivity index (χ1v) is 7.12. The molecule has 3 rings (SSSR count). The molecular formula is C14H21N5. The summed E-state index contributed by atoms with van der Waals surface area (Å²) in [5.74, 6) is 1.05. The number of nitrogens with one attached hydrogen (secondary N) is 1. The summed E-state index contributed by atoms with van der Waals surface area (Å²) in [6, 6.07) is 4.93. The number of nitrogens with zero attached hydrogens (tertiary/aromatic N) is 3. The van der Waals surface area contributed by atoms with Gasteiger partial charge in [0.1, 0.15) is 5.82 Å². The lowest BCUT2D eigenvalue weighted by Gasteiger charge is -2.27. The fourth-order valence-electron chi connectivity index (χ4n) is 2.72.